The van der Waals surface area contributed by atoms with Crippen molar-refractivity contribution in [3.05, 3.63) is 18.0 Å². The van der Waals surface area contributed by atoms with Crippen LogP contribution in [0.5, 0.6) is 0 Å². The van der Waals surface area contributed by atoms with Crippen molar-refractivity contribution in [2.75, 3.05) is 31.1 Å². The number of Topliss-reactive ketones (excluding diaryl/α,β-unsaturated/α-hetero) is 1. The molecule has 1 aromatic rings. The molecule has 0 radical (unpaired) electrons. The van der Waals surface area contributed by atoms with Crippen molar-refractivity contribution >= 4 is 11.7 Å². The van der Waals surface area contributed by atoms with Gasteiger partial charge in [-0.3, -0.25) is 9.69 Å². The molecule has 1 spiro atoms. The Balaban J connectivity index is 0.00000130. The largest absolute Gasteiger partial charge is 0.332 e. The molecule has 200 valence electrons. The van der Waals surface area contributed by atoms with Gasteiger partial charge in [-0.25, -0.2) is 9.97 Å². The van der Waals surface area contributed by atoms with Gasteiger partial charge >= 0.3 is 0 Å². The van der Waals surface area contributed by atoms with Gasteiger partial charge in [-0.2, -0.15) is 0 Å². The molecule has 5 fully saturated rings. The number of rotatable bonds is 6. The Kier molecular flexibility index (Phi) is 7.74. The first-order chi connectivity index (χ1) is 17.4. The van der Waals surface area contributed by atoms with E-state index in [-0.39, 0.29) is 0 Å². The Bertz CT molecular complexity index is 865. The molecule has 2 unspecified atom stereocenters. The average Bonchev–Trinajstić information content (AvgIpc) is 3.12. The molecule has 2 bridgehead atoms. The molecule has 3 saturated heterocycles. The van der Waals surface area contributed by atoms with Crippen molar-refractivity contribution in [1.29, 1.82) is 0 Å². The van der Waals surface area contributed by atoms with Crippen molar-refractivity contribution in [2.24, 2.45) is 11.3 Å². The molecular formula is C30H49N5O. The lowest BCUT2D eigenvalue weighted by Crippen LogP contribution is -2.58. The smallest absolute Gasteiger partial charge is 0.225 e. The Morgan fingerprint density at radius 3 is 2.06 bits per heavy atom. The maximum Gasteiger partial charge on any atom is 0.225 e. The molecule has 6 heteroatoms. The molecule has 1 aromatic heterocycles. The van der Waals surface area contributed by atoms with E-state index >= 15 is 0 Å². The fourth-order valence-corrected chi connectivity index (χ4v) is 7.99. The van der Waals surface area contributed by atoms with Gasteiger partial charge in [0.1, 0.15) is 5.78 Å². The molecular weight excluding hydrogens is 446 g/mol. The lowest BCUT2D eigenvalue weighted by atomic mass is 9.49. The van der Waals surface area contributed by atoms with E-state index in [2.05, 4.69) is 40.9 Å². The third-order valence-corrected chi connectivity index (χ3v) is 10.1. The lowest BCUT2D eigenvalue weighted by molar-refractivity contribution is -0.141. The predicted octanol–water partition coefficient (Wildman–Crippen LogP) is 5.28. The Morgan fingerprint density at radius 2 is 1.53 bits per heavy atom. The normalized spacial score (nSPS) is 34.8. The molecule has 2 aliphatic carbocycles. The molecule has 6 nitrogen and oxygen atoms in total. The van der Waals surface area contributed by atoms with Crippen LogP contribution in [0.4, 0.5) is 5.95 Å². The van der Waals surface area contributed by atoms with E-state index in [0.29, 0.717) is 41.2 Å². The predicted molar refractivity (Wildman–Crippen MR) is 146 cm³/mol. The molecule has 3 aliphatic heterocycles. The van der Waals surface area contributed by atoms with Crippen LogP contribution in [0.2, 0.25) is 0 Å². The highest BCUT2D eigenvalue weighted by atomic mass is 16.1. The van der Waals surface area contributed by atoms with E-state index in [0.717, 1.165) is 31.5 Å². The van der Waals surface area contributed by atoms with Gasteiger partial charge in [-0.15, -0.1) is 0 Å². The van der Waals surface area contributed by atoms with Crippen LogP contribution in [0.3, 0.4) is 0 Å². The van der Waals surface area contributed by atoms with Gasteiger partial charge in [-0.1, -0.05) is 20.8 Å². The van der Waals surface area contributed by atoms with E-state index < -0.39 is 0 Å². The molecule has 0 amide bonds. The topological polar surface area (TPSA) is 52.6 Å². The first-order valence-corrected chi connectivity index (χ1v) is 15.1. The second kappa shape index (κ2) is 10.7. The SMILES string of the molecule is CC.CCC(=O)C1CC2(C1)CC(N1CCC(c3cnc(N4C5CCC4CN(C(C)C)C5)nc3)CC1)C2. The van der Waals surface area contributed by atoms with Crippen LogP contribution in [0.15, 0.2) is 12.4 Å². The van der Waals surface area contributed by atoms with E-state index in [1.54, 1.807) is 0 Å². The van der Waals surface area contributed by atoms with Crippen molar-refractivity contribution in [2.45, 2.75) is 122 Å². The summed E-state index contributed by atoms with van der Waals surface area (Å²) < 4.78 is 0. The van der Waals surface area contributed by atoms with Crippen LogP contribution in [0, 0.1) is 11.3 Å². The van der Waals surface area contributed by atoms with Gasteiger partial charge in [0, 0.05) is 62.0 Å². The van der Waals surface area contributed by atoms with Crippen LogP contribution >= 0.6 is 0 Å². The van der Waals surface area contributed by atoms with Crippen molar-refractivity contribution in [3.8, 4) is 0 Å². The number of ketones is 1. The number of piperidine rings is 1. The Morgan fingerprint density at radius 1 is 0.944 bits per heavy atom. The molecule has 0 aromatic carbocycles. The van der Waals surface area contributed by atoms with Crippen molar-refractivity contribution < 1.29 is 4.79 Å². The van der Waals surface area contributed by atoms with Crippen LogP contribution in [0.1, 0.15) is 104 Å². The van der Waals surface area contributed by atoms with Gasteiger partial charge in [0.05, 0.1) is 0 Å². The zero-order chi connectivity index (χ0) is 25.4. The van der Waals surface area contributed by atoms with Crippen molar-refractivity contribution in [1.82, 2.24) is 19.8 Å². The standard InChI is InChI=1S/C28H43N5O.C2H6/c1-4-26(34)21-11-28(12-21)13-25(14-28)31-9-7-20(8-10-31)22-15-29-27(30-16-22)33-23-5-6-24(33)18-32(17-23)19(2)3;1-2/h15-16,19-21,23-25H,4-14,17-18H2,1-3H3;1-2H3. The van der Waals surface area contributed by atoms with E-state index in [1.165, 1.54) is 70.0 Å². The van der Waals surface area contributed by atoms with Crippen LogP contribution in [-0.2, 0) is 4.79 Å². The minimum Gasteiger partial charge on any atom is -0.332 e. The minimum absolute atomic E-state index is 0.383. The molecule has 5 aliphatic rings. The van der Waals surface area contributed by atoms with Crippen molar-refractivity contribution in [3.63, 3.8) is 0 Å². The highest BCUT2D eigenvalue weighted by Crippen LogP contribution is 2.60. The molecule has 4 heterocycles. The summed E-state index contributed by atoms with van der Waals surface area (Å²) in [6, 6.07) is 2.54. The summed E-state index contributed by atoms with van der Waals surface area (Å²) in [4.78, 5) is 29.6. The Labute approximate surface area is 219 Å². The number of hydrogen-bond donors (Lipinski definition) is 0. The summed E-state index contributed by atoms with van der Waals surface area (Å²) in [5.41, 5.74) is 1.86. The summed E-state index contributed by atoms with van der Waals surface area (Å²) in [7, 11) is 0. The quantitative estimate of drug-likeness (QED) is 0.535. The number of anilines is 1. The van der Waals surface area contributed by atoms with Crippen LogP contribution < -0.4 is 4.90 Å². The highest BCUT2D eigenvalue weighted by molar-refractivity contribution is 5.81. The zero-order valence-electron chi connectivity index (χ0n) is 23.5. The molecule has 0 N–H and O–H groups in total. The number of hydrogen-bond acceptors (Lipinski definition) is 6. The monoisotopic (exact) mass is 495 g/mol. The zero-order valence-corrected chi connectivity index (χ0v) is 23.5. The van der Waals surface area contributed by atoms with Gasteiger partial charge in [0.25, 0.3) is 0 Å². The number of piperazine rings is 1. The lowest BCUT2D eigenvalue weighted by Gasteiger charge is -2.60. The average molecular weight is 496 g/mol. The molecule has 2 saturated carbocycles. The second-order valence-corrected chi connectivity index (χ2v) is 12.5. The van der Waals surface area contributed by atoms with Crippen LogP contribution in [-0.4, -0.2) is 75.9 Å². The van der Waals surface area contributed by atoms with E-state index in [1.807, 2.05) is 20.8 Å². The first kappa shape index (κ1) is 26.1. The molecule has 6 rings (SSSR count). The maximum absolute atomic E-state index is 11.9. The van der Waals surface area contributed by atoms with E-state index in [4.69, 9.17) is 9.97 Å². The number of fused-ring (bicyclic) bond motifs is 2. The second-order valence-electron chi connectivity index (χ2n) is 12.5. The summed E-state index contributed by atoms with van der Waals surface area (Å²) >= 11 is 0. The van der Waals surface area contributed by atoms with Gasteiger partial charge in [-0.05, 0) is 95.2 Å². The number of likely N-dealkylation sites (tertiary alicyclic amines) is 2. The third-order valence-electron chi connectivity index (χ3n) is 10.1. The van der Waals surface area contributed by atoms with Gasteiger partial charge in [0.15, 0.2) is 0 Å². The van der Waals surface area contributed by atoms with Gasteiger partial charge in [0.2, 0.25) is 5.95 Å². The highest BCUT2D eigenvalue weighted by Gasteiger charge is 2.55. The maximum atomic E-state index is 11.9. The molecule has 36 heavy (non-hydrogen) atoms. The third kappa shape index (κ3) is 4.84. The summed E-state index contributed by atoms with van der Waals surface area (Å²) in [6.45, 7) is 15.3. The summed E-state index contributed by atoms with van der Waals surface area (Å²) in [5.74, 6) is 2.43. The van der Waals surface area contributed by atoms with E-state index in [9.17, 15) is 4.79 Å². The fourth-order valence-electron chi connectivity index (χ4n) is 7.99. The van der Waals surface area contributed by atoms with Crippen LogP contribution in [0.25, 0.3) is 0 Å². The number of carbonyl (C=O) groups is 1. The first-order valence-electron chi connectivity index (χ1n) is 15.1. The van der Waals surface area contributed by atoms with Gasteiger partial charge < -0.3 is 9.80 Å². The summed E-state index contributed by atoms with van der Waals surface area (Å²) in [6.07, 6.45) is 15.0. The fraction of sp³-hybridized carbons (Fsp3) is 0.833. The Hall–Kier alpha value is -1.53. The number of nitrogens with zero attached hydrogens (tertiary/aromatic N) is 5. The number of carbonyl (C=O) groups excluding carboxylic acids is 1. The minimum atomic E-state index is 0.383. The molecule has 2 atom stereocenters. The number of aromatic nitrogens is 2. The summed E-state index contributed by atoms with van der Waals surface area (Å²) in [5, 5.41) is 0.